The Kier molecular flexibility index (Phi) is 5.00. The van der Waals surface area contributed by atoms with Crippen LogP contribution in [-0.2, 0) is 6.54 Å². The molecule has 0 aromatic carbocycles. The molecule has 1 aliphatic rings. The Hall–Kier alpha value is 0.0700. The minimum Gasteiger partial charge on any atom is -0.308 e. The van der Waals surface area contributed by atoms with Gasteiger partial charge in [0.15, 0.2) is 0 Å². The summed E-state index contributed by atoms with van der Waals surface area (Å²) >= 11 is 6.97. The van der Waals surface area contributed by atoms with Gasteiger partial charge in [0.25, 0.3) is 0 Å². The highest BCUT2D eigenvalue weighted by Gasteiger charge is 2.17. The largest absolute Gasteiger partial charge is 0.308 e. The van der Waals surface area contributed by atoms with Crippen molar-refractivity contribution in [2.24, 2.45) is 5.92 Å². The van der Waals surface area contributed by atoms with Gasteiger partial charge >= 0.3 is 0 Å². The first kappa shape index (κ1) is 13.5. The van der Waals surface area contributed by atoms with Gasteiger partial charge in [0.1, 0.15) is 0 Å². The Morgan fingerprint density at radius 3 is 2.65 bits per heavy atom. The number of halogens is 2. The minimum absolute atomic E-state index is 0.670. The second kappa shape index (κ2) is 6.30. The van der Waals surface area contributed by atoms with Crippen molar-refractivity contribution in [3.05, 3.63) is 26.9 Å². The molecule has 4 heteroatoms. The maximum atomic E-state index is 4.42. The summed E-state index contributed by atoms with van der Waals surface area (Å²) in [6, 6.07) is 2.72. The summed E-state index contributed by atoms with van der Waals surface area (Å²) in [5.74, 6) is 0.908. The molecule has 1 saturated carbocycles. The van der Waals surface area contributed by atoms with Crippen LogP contribution in [0.4, 0.5) is 0 Å². The molecule has 1 aliphatic carbocycles. The molecule has 0 saturated heterocycles. The second-order valence-corrected chi connectivity index (χ2v) is 6.69. The number of nitrogens with zero attached hydrogens (tertiary/aromatic N) is 1. The molecular formula is C13H18Br2N2. The maximum absolute atomic E-state index is 4.42. The molecule has 1 N–H and O–H groups in total. The van der Waals surface area contributed by atoms with Gasteiger partial charge in [-0.15, -0.1) is 0 Å². The molecule has 1 aromatic rings. The molecule has 2 nitrogen and oxygen atoms in total. The molecule has 1 fully saturated rings. The molecule has 0 bridgehead atoms. The van der Waals surface area contributed by atoms with E-state index >= 15 is 0 Å². The van der Waals surface area contributed by atoms with E-state index in [1.54, 1.807) is 0 Å². The van der Waals surface area contributed by atoms with Gasteiger partial charge in [-0.2, -0.15) is 0 Å². The van der Waals surface area contributed by atoms with Crippen molar-refractivity contribution < 1.29 is 0 Å². The quantitative estimate of drug-likeness (QED) is 0.869. The van der Waals surface area contributed by atoms with E-state index in [9.17, 15) is 0 Å². The van der Waals surface area contributed by atoms with Gasteiger partial charge in [-0.25, -0.2) is 0 Å². The molecule has 0 amide bonds. The predicted octanol–water partition coefficient (Wildman–Crippen LogP) is 4.27. The fraction of sp³-hybridized carbons (Fsp3) is 0.615. The molecule has 2 rings (SSSR count). The third kappa shape index (κ3) is 4.04. The van der Waals surface area contributed by atoms with Crippen molar-refractivity contribution >= 4 is 31.9 Å². The number of nitrogens with one attached hydrogen (secondary N) is 1. The average molecular weight is 362 g/mol. The van der Waals surface area contributed by atoms with Crippen LogP contribution >= 0.6 is 31.9 Å². The molecule has 1 heterocycles. The fourth-order valence-corrected chi connectivity index (χ4v) is 3.41. The van der Waals surface area contributed by atoms with Crippen LogP contribution in [0.5, 0.6) is 0 Å². The van der Waals surface area contributed by atoms with Gasteiger partial charge in [0.2, 0.25) is 0 Å². The van der Waals surface area contributed by atoms with Gasteiger partial charge in [-0.1, -0.05) is 6.92 Å². The van der Waals surface area contributed by atoms with Crippen molar-refractivity contribution in [3.8, 4) is 0 Å². The van der Waals surface area contributed by atoms with Crippen LogP contribution in [0.1, 0.15) is 38.3 Å². The van der Waals surface area contributed by atoms with Gasteiger partial charge in [-0.3, -0.25) is 4.98 Å². The lowest BCUT2D eigenvalue weighted by molar-refractivity contribution is 0.306. The van der Waals surface area contributed by atoms with Crippen molar-refractivity contribution in [1.29, 1.82) is 0 Å². The van der Waals surface area contributed by atoms with E-state index in [0.717, 1.165) is 27.1 Å². The molecule has 0 spiro atoms. The lowest BCUT2D eigenvalue weighted by Crippen LogP contribution is -2.32. The highest BCUT2D eigenvalue weighted by molar-refractivity contribution is 9.11. The molecule has 0 aliphatic heterocycles. The van der Waals surface area contributed by atoms with E-state index in [1.807, 2.05) is 12.3 Å². The summed E-state index contributed by atoms with van der Waals surface area (Å²) in [6.07, 6.45) is 7.16. The minimum atomic E-state index is 0.670. The zero-order valence-electron chi connectivity index (χ0n) is 10.0. The monoisotopic (exact) mass is 360 g/mol. The van der Waals surface area contributed by atoms with Crippen LogP contribution in [0.25, 0.3) is 0 Å². The van der Waals surface area contributed by atoms with Crippen LogP contribution in [0.2, 0.25) is 0 Å². The normalized spacial score (nSPS) is 24.9. The van der Waals surface area contributed by atoms with Crippen molar-refractivity contribution in [3.63, 3.8) is 0 Å². The maximum Gasteiger partial charge on any atom is 0.0684 e. The predicted molar refractivity (Wildman–Crippen MR) is 77.9 cm³/mol. The number of hydrogen-bond donors (Lipinski definition) is 1. The molecule has 1 aromatic heterocycles. The zero-order chi connectivity index (χ0) is 12.3. The van der Waals surface area contributed by atoms with Crippen LogP contribution in [0, 0.1) is 5.92 Å². The first-order chi connectivity index (χ1) is 8.15. The Balaban J connectivity index is 1.85. The van der Waals surface area contributed by atoms with Crippen LogP contribution in [-0.4, -0.2) is 11.0 Å². The molecule has 0 atom stereocenters. The lowest BCUT2D eigenvalue weighted by atomic mass is 9.87. The van der Waals surface area contributed by atoms with Gasteiger partial charge in [-0.05, 0) is 69.5 Å². The van der Waals surface area contributed by atoms with Gasteiger partial charge in [0.05, 0.1) is 5.69 Å². The summed E-state index contributed by atoms with van der Waals surface area (Å²) in [4.78, 5) is 4.42. The topological polar surface area (TPSA) is 24.9 Å². The van der Waals surface area contributed by atoms with Crippen LogP contribution in [0.15, 0.2) is 21.2 Å². The van der Waals surface area contributed by atoms with Crippen LogP contribution < -0.4 is 5.32 Å². The number of hydrogen-bond acceptors (Lipinski definition) is 2. The SMILES string of the molecule is CC1CCC(NCc2ncc(Br)cc2Br)CC1. The second-order valence-electron chi connectivity index (χ2n) is 4.92. The Morgan fingerprint density at radius 2 is 2.00 bits per heavy atom. The van der Waals surface area contributed by atoms with Crippen molar-refractivity contribution in [1.82, 2.24) is 10.3 Å². The van der Waals surface area contributed by atoms with Crippen molar-refractivity contribution in [2.75, 3.05) is 0 Å². The zero-order valence-corrected chi connectivity index (χ0v) is 13.2. The van der Waals surface area contributed by atoms with Gasteiger partial charge < -0.3 is 5.32 Å². The Bertz CT molecular complexity index is 374. The summed E-state index contributed by atoms with van der Waals surface area (Å²) in [5.41, 5.74) is 1.09. The third-order valence-corrected chi connectivity index (χ3v) is 4.58. The smallest absolute Gasteiger partial charge is 0.0684 e. The lowest BCUT2D eigenvalue weighted by Gasteiger charge is -2.27. The summed E-state index contributed by atoms with van der Waals surface area (Å²) in [7, 11) is 0. The number of aromatic nitrogens is 1. The Labute approximate surface area is 120 Å². The summed E-state index contributed by atoms with van der Waals surface area (Å²) in [6.45, 7) is 3.20. The van der Waals surface area contributed by atoms with Crippen LogP contribution in [0.3, 0.4) is 0 Å². The van der Waals surface area contributed by atoms with Crippen molar-refractivity contribution in [2.45, 2.75) is 45.2 Å². The summed E-state index contributed by atoms with van der Waals surface area (Å²) < 4.78 is 2.09. The number of pyridine rings is 1. The average Bonchev–Trinajstić information content (AvgIpc) is 2.30. The highest BCUT2D eigenvalue weighted by atomic mass is 79.9. The van der Waals surface area contributed by atoms with E-state index in [4.69, 9.17) is 0 Å². The molecule has 0 radical (unpaired) electrons. The standard InChI is InChI=1S/C13H18Br2N2/c1-9-2-4-11(5-3-9)16-8-13-12(15)6-10(14)7-17-13/h6-7,9,11,16H,2-5,8H2,1H3. The van der Waals surface area contributed by atoms with E-state index in [1.165, 1.54) is 25.7 Å². The molecule has 94 valence electrons. The third-order valence-electron chi connectivity index (χ3n) is 3.46. The van der Waals surface area contributed by atoms with E-state index in [2.05, 4.69) is 49.1 Å². The Morgan fingerprint density at radius 1 is 1.29 bits per heavy atom. The van der Waals surface area contributed by atoms with E-state index in [0.29, 0.717) is 6.04 Å². The first-order valence-electron chi connectivity index (χ1n) is 6.18. The van der Waals surface area contributed by atoms with E-state index < -0.39 is 0 Å². The summed E-state index contributed by atoms with van der Waals surface area (Å²) in [5, 5.41) is 3.61. The van der Waals surface area contributed by atoms with E-state index in [-0.39, 0.29) is 0 Å². The molecular weight excluding hydrogens is 344 g/mol. The fourth-order valence-electron chi connectivity index (χ4n) is 2.28. The first-order valence-corrected chi connectivity index (χ1v) is 7.77. The highest BCUT2D eigenvalue weighted by Crippen LogP contribution is 2.24. The molecule has 17 heavy (non-hydrogen) atoms. The molecule has 0 unspecified atom stereocenters. The number of rotatable bonds is 3. The van der Waals surface area contributed by atoms with Gasteiger partial charge in [0, 0.05) is 27.7 Å².